The number of ether oxygens (including phenoxy) is 1. The zero-order valence-electron chi connectivity index (χ0n) is 66.6. The standard InChI is InChI=1S/C13H21NO3.C13H21NO2.2C12H19NO3.C12H17NO2.C11H17NO4.6W.6Y/c1-5-12(4)7(2)8(3)13(6-9(15)14-13)11(17)10(12)16;1-7-8(2)13(6-10(15)14-13)11(16)9(3)12(7,4)5;2*1-6-7(2)12(5-8(14)13-12)10(16)9(15)11(6,3)4;1-4-9-5-10(14)12(6-11(15)13-12)8(3)7(9)2;1-5-6(2)11(15,4-13)9-8(16-9)10(5)3-7(14)12-10;;;;;;;;;;;;/h7-8,10,16H,5-6H2,1-4H3,(H,14,15);7-9H,6H2,1-5H3,(H,14,15);6-7,10,16H,5H2,1-4H3,(H,13,14);6-7,9,15H,5H2,1-4H3,(H,13,14);5,7-8H,4,6H2,1-3H3,(H,13,15);5-6,8-9,13,15H,3-4H2,1-2H3,(H,12,14);;;;;;;;;;;;/p-6. The first-order valence-electron chi connectivity index (χ1n) is 34.9. The maximum absolute atomic E-state index is 12.4. The molecular weight excluding hydrogens is 2870 g/mol. The van der Waals surface area contributed by atoms with Crippen LogP contribution in [0.1, 0.15) is 204 Å². The molecule has 6 radical (unpaired) electrons. The third-order valence-electron chi connectivity index (χ3n) is 29.1. The molecule has 12 fully saturated rings. The van der Waals surface area contributed by atoms with Gasteiger partial charge in [0.15, 0.2) is 17.3 Å². The normalized spacial score (nSPS) is 42.8. The van der Waals surface area contributed by atoms with Gasteiger partial charge >= 0.3 is 0 Å². The molecule has 7 saturated heterocycles. The maximum Gasteiger partial charge on any atom is 0.166 e. The van der Waals surface area contributed by atoms with Gasteiger partial charge < -0.3 is 95.7 Å². The van der Waals surface area contributed by atoms with Crippen LogP contribution < -0.4 is 0 Å². The Labute approximate surface area is 877 Å². The molecule has 592 valence electrons. The van der Waals surface area contributed by atoms with Crippen molar-refractivity contribution in [1.82, 2.24) is 0 Å². The molecule has 26 atom stereocenters. The van der Waals surface area contributed by atoms with Crippen LogP contribution in [0.5, 0.6) is 0 Å². The summed E-state index contributed by atoms with van der Waals surface area (Å²) < 4.78 is 5.48. The number of epoxide rings is 1. The molecule has 0 aromatic heterocycles. The number of carbonyl (C=O) groups is 11. The molecular formula is C73H108N6O17W6Y6-6. The quantitative estimate of drug-likeness (QED) is 0.130. The van der Waals surface area contributed by atoms with Crippen LogP contribution >= 0.6 is 0 Å². The van der Waals surface area contributed by atoms with Crippen LogP contribution in [-0.2, 0) is 380 Å². The minimum atomic E-state index is -1.18. The Morgan fingerprint density at radius 3 is 1.08 bits per heavy atom. The van der Waals surface area contributed by atoms with Crippen LogP contribution in [0.25, 0.3) is 31.9 Å². The number of allylic oxidation sites excluding steroid dienone is 1. The number of hydrogen-bond acceptors (Lipinski definition) is 17. The largest absolute Gasteiger partial charge is 0.645 e. The molecule has 7 aliphatic heterocycles. The zero-order valence-corrected chi connectivity index (χ0v) is 101. The van der Waals surface area contributed by atoms with Gasteiger partial charge in [-0.15, -0.1) is 0 Å². The fourth-order valence-corrected chi connectivity index (χ4v) is 18.6. The van der Waals surface area contributed by atoms with E-state index in [2.05, 4.69) is 73.4 Å². The van der Waals surface area contributed by atoms with Gasteiger partial charge in [0.05, 0.1) is 48.2 Å². The number of Topliss-reactive ketones (excluding diaryl/α,β-unsaturated/α-hetero) is 4. The van der Waals surface area contributed by atoms with Gasteiger partial charge in [-0.3, -0.25) is 19.2 Å². The molecule has 13 aliphatic rings. The van der Waals surface area contributed by atoms with Crippen molar-refractivity contribution in [2.75, 3.05) is 6.61 Å². The Morgan fingerprint density at radius 1 is 0.389 bits per heavy atom. The summed E-state index contributed by atoms with van der Waals surface area (Å²) in [6.45, 7) is 43.6. The van der Waals surface area contributed by atoms with Crippen molar-refractivity contribution in [3.05, 3.63) is 43.5 Å². The number of ketones is 5. The Kier molecular flexibility index (Phi) is 49.5. The Balaban J connectivity index is -0.000000384. The number of aliphatic hydroxyl groups is 5. The van der Waals surface area contributed by atoms with E-state index < -0.39 is 73.4 Å². The summed E-state index contributed by atoms with van der Waals surface area (Å²) in [4.78, 5) is 127. The summed E-state index contributed by atoms with van der Waals surface area (Å²) in [6, 6.07) is 0. The molecule has 26 unspecified atom stereocenters. The Hall–Kier alpha value is 5.42. The second-order valence-corrected chi connectivity index (χ2v) is 33.4. The third kappa shape index (κ3) is 20.2. The second kappa shape index (κ2) is 43.8. The predicted octanol–water partition coefficient (Wildman–Crippen LogP) is 8.75. The fraction of sp³-hybridized carbons (Fsp3) is 0.822. The molecule has 6 aliphatic carbocycles. The minimum absolute atomic E-state index is 0. The monoisotopic (exact) mass is 2980 g/mol. The summed E-state index contributed by atoms with van der Waals surface area (Å²) in [5.74, 6) is -0.00365. The predicted molar refractivity (Wildman–Crippen MR) is 355 cm³/mol. The molecule has 6 amide bonds. The number of carbonyl (C=O) groups excluding carboxylic acids is 11. The minimum Gasteiger partial charge on any atom is -0.645 e. The molecule has 7 heterocycles. The number of fused-ring (bicyclic) bond motifs is 2. The maximum atomic E-state index is 12.4. The molecule has 13 rings (SSSR count). The van der Waals surface area contributed by atoms with E-state index >= 15 is 0 Å². The molecule has 35 heteroatoms. The van der Waals surface area contributed by atoms with Crippen LogP contribution in [0.3, 0.4) is 0 Å². The van der Waals surface area contributed by atoms with Gasteiger partial charge in [0.2, 0.25) is 0 Å². The number of aliphatic hydroxyl groups excluding tert-OH is 4. The summed E-state index contributed by atoms with van der Waals surface area (Å²) in [5.41, 5.74) is -5.88. The number of nitrogens with zero attached hydrogens (tertiary/aromatic N) is 6. The van der Waals surface area contributed by atoms with E-state index in [1.54, 1.807) is 6.08 Å². The fourth-order valence-electron chi connectivity index (χ4n) is 18.6. The first-order valence-corrected chi connectivity index (χ1v) is 34.9. The summed E-state index contributed by atoms with van der Waals surface area (Å²) >= 11 is 0. The number of amides is 6. The Bertz CT molecular complexity index is 3210. The molecule has 5 N–H and O–H groups in total. The summed E-state index contributed by atoms with van der Waals surface area (Å²) in [6.07, 6.45) is 1.29. The number of β-lactam (4-membered cyclic amide) rings is 6. The number of hydrogen-bond donors (Lipinski definition) is 5. The van der Waals surface area contributed by atoms with E-state index in [9.17, 15) is 78.3 Å². The molecule has 5 saturated carbocycles. The van der Waals surface area contributed by atoms with Crippen LogP contribution in [0.15, 0.2) is 11.6 Å². The van der Waals surface area contributed by atoms with Crippen molar-refractivity contribution < 1.29 is 406 Å². The van der Waals surface area contributed by atoms with Gasteiger partial charge in [-0.05, 0) is 156 Å². The molecule has 0 aromatic rings. The van der Waals surface area contributed by atoms with Gasteiger partial charge in [0.25, 0.3) is 0 Å². The molecule has 0 bridgehead atoms. The molecule has 23 nitrogen and oxygen atoms in total. The van der Waals surface area contributed by atoms with E-state index in [-0.39, 0.29) is 496 Å². The van der Waals surface area contributed by atoms with Crippen molar-refractivity contribution in [1.29, 1.82) is 0 Å². The van der Waals surface area contributed by atoms with Gasteiger partial charge in [0, 0.05) is 345 Å². The van der Waals surface area contributed by atoms with E-state index in [0.717, 1.165) is 12.8 Å². The smallest absolute Gasteiger partial charge is 0.166 e. The average Bonchev–Trinajstić information content (AvgIpc) is 1.49. The zero-order chi connectivity index (χ0) is 72.8. The molecule has 6 spiro atoms. The van der Waals surface area contributed by atoms with Crippen molar-refractivity contribution in [2.24, 2.45) is 98.6 Å². The van der Waals surface area contributed by atoms with E-state index in [1.807, 2.05) is 111 Å². The van der Waals surface area contributed by atoms with Crippen LogP contribution in [0, 0.1) is 98.6 Å². The van der Waals surface area contributed by atoms with E-state index in [4.69, 9.17) is 4.74 Å². The van der Waals surface area contributed by atoms with Gasteiger partial charge in [-0.2, -0.15) is 0 Å². The van der Waals surface area contributed by atoms with Crippen LogP contribution in [0.2, 0.25) is 0 Å². The van der Waals surface area contributed by atoms with E-state index in [0.29, 0.717) is 31.1 Å². The van der Waals surface area contributed by atoms with Gasteiger partial charge in [0.1, 0.15) is 41.6 Å². The van der Waals surface area contributed by atoms with E-state index in [1.165, 1.54) is 5.57 Å². The van der Waals surface area contributed by atoms with Crippen molar-refractivity contribution in [3.63, 3.8) is 0 Å². The molecule has 0 aromatic carbocycles. The summed E-state index contributed by atoms with van der Waals surface area (Å²) in [5, 5.41) is 73.9. The summed E-state index contributed by atoms with van der Waals surface area (Å²) in [7, 11) is 0. The third-order valence-corrected chi connectivity index (χ3v) is 29.1. The van der Waals surface area contributed by atoms with Crippen LogP contribution in [0.4, 0.5) is 0 Å². The van der Waals surface area contributed by atoms with Crippen LogP contribution in [-0.4, -0.2) is 166 Å². The van der Waals surface area contributed by atoms with Crippen molar-refractivity contribution in [2.45, 2.75) is 273 Å². The first kappa shape index (κ1) is 122. The number of rotatable bonds is 3. The average molecular weight is 2980 g/mol. The Morgan fingerprint density at radius 2 is 0.722 bits per heavy atom. The first-order chi connectivity index (χ1) is 44.0. The SMILES string of the molecule is CC1C(C)C(C)(C)C(C)C(=O)C12CC(=O)[N-]2.CC1C(C)C(C)(C)C(O)C(=O)C12CC(=O)[N-]2.CC1C(C)C2(CC(=O)[N-]2)C(O)C(=O)C1(C)C.CC1C(C)C2(CC(=O)[N-]2)C2OC2C1(O)CO.CCC1(C)C(O)C(=O)C2(CC(=O)[N-]2)C(C)C1C.CCC1=CC(=O)C2(CC(=O)[N-]2)C(C)C1C.[W].[W].[W].[W].[W].[W].[Y].[Y].[Y].[Y].[Y].[Y]. The van der Waals surface area contributed by atoms with Gasteiger partial charge in [-0.1, -0.05) is 169 Å². The topological polar surface area (TPSA) is 386 Å². The van der Waals surface area contributed by atoms with Crippen molar-refractivity contribution >= 4 is 64.4 Å². The second-order valence-electron chi connectivity index (χ2n) is 33.4. The van der Waals surface area contributed by atoms with Gasteiger partial charge in [-0.25, -0.2) is 0 Å². The van der Waals surface area contributed by atoms with Crippen molar-refractivity contribution in [3.8, 4) is 0 Å². The molecule has 108 heavy (non-hydrogen) atoms.